The van der Waals surface area contributed by atoms with Crippen LogP contribution in [0, 0.1) is 11.8 Å². The molecule has 2 aliphatic rings. The molecule has 0 aromatic heterocycles. The molecule has 2 atom stereocenters. The summed E-state index contributed by atoms with van der Waals surface area (Å²) in [6.07, 6.45) is 5.44. The normalized spacial score (nSPS) is 25.1. The van der Waals surface area contributed by atoms with Crippen molar-refractivity contribution in [2.45, 2.75) is 52.1 Å². The van der Waals surface area contributed by atoms with Gasteiger partial charge < -0.3 is 14.8 Å². The van der Waals surface area contributed by atoms with Gasteiger partial charge in [0.05, 0.1) is 0 Å². The Morgan fingerprint density at radius 2 is 1.95 bits per heavy atom. The first kappa shape index (κ1) is 13.7. The van der Waals surface area contributed by atoms with Crippen LogP contribution in [0.15, 0.2) is 18.2 Å². The highest BCUT2D eigenvalue weighted by atomic mass is 16.7. The molecule has 1 aliphatic heterocycles. The lowest BCUT2D eigenvalue weighted by Crippen LogP contribution is -2.40. The van der Waals surface area contributed by atoms with Crippen molar-refractivity contribution in [3.63, 3.8) is 0 Å². The van der Waals surface area contributed by atoms with Crippen molar-refractivity contribution < 1.29 is 9.47 Å². The minimum Gasteiger partial charge on any atom is -0.454 e. The topological polar surface area (TPSA) is 30.5 Å². The largest absolute Gasteiger partial charge is 0.454 e. The molecule has 1 aromatic carbocycles. The highest BCUT2D eigenvalue weighted by Crippen LogP contribution is 2.33. The smallest absolute Gasteiger partial charge is 0.231 e. The molecule has 1 saturated carbocycles. The zero-order valence-corrected chi connectivity index (χ0v) is 12.5. The van der Waals surface area contributed by atoms with Gasteiger partial charge in [0.15, 0.2) is 11.5 Å². The summed E-state index contributed by atoms with van der Waals surface area (Å²) in [5, 5.41) is 3.76. The average molecular weight is 275 g/mol. The molecule has 110 valence electrons. The van der Waals surface area contributed by atoms with Gasteiger partial charge in [-0.2, -0.15) is 0 Å². The fourth-order valence-electron chi connectivity index (χ4n) is 3.51. The number of rotatable bonds is 4. The number of benzene rings is 1. The Morgan fingerprint density at radius 1 is 1.15 bits per heavy atom. The third-order valence-corrected chi connectivity index (χ3v) is 4.68. The highest BCUT2D eigenvalue weighted by molar-refractivity contribution is 5.44. The molecule has 1 heterocycles. The van der Waals surface area contributed by atoms with Crippen LogP contribution < -0.4 is 14.8 Å². The Hall–Kier alpha value is -1.22. The van der Waals surface area contributed by atoms with Crippen molar-refractivity contribution >= 4 is 0 Å². The fraction of sp³-hybridized carbons (Fsp3) is 0.647. The minimum absolute atomic E-state index is 0.351. The van der Waals surface area contributed by atoms with Gasteiger partial charge in [0.2, 0.25) is 6.79 Å². The highest BCUT2D eigenvalue weighted by Gasteiger charge is 2.27. The third kappa shape index (κ3) is 2.93. The van der Waals surface area contributed by atoms with E-state index in [1.165, 1.54) is 31.2 Å². The van der Waals surface area contributed by atoms with E-state index in [0.29, 0.717) is 12.8 Å². The van der Waals surface area contributed by atoms with Gasteiger partial charge in [-0.25, -0.2) is 0 Å². The summed E-state index contributed by atoms with van der Waals surface area (Å²) in [6, 6.07) is 6.91. The quantitative estimate of drug-likeness (QED) is 0.908. The van der Waals surface area contributed by atoms with Crippen molar-refractivity contribution in [1.82, 2.24) is 5.32 Å². The van der Waals surface area contributed by atoms with Crippen molar-refractivity contribution in [2.75, 3.05) is 6.79 Å². The first-order valence-corrected chi connectivity index (χ1v) is 7.86. The Balaban J connectivity index is 1.60. The molecule has 1 aromatic rings. The van der Waals surface area contributed by atoms with Crippen molar-refractivity contribution in [3.05, 3.63) is 23.8 Å². The Labute approximate surface area is 121 Å². The van der Waals surface area contributed by atoms with E-state index in [-0.39, 0.29) is 0 Å². The molecule has 0 spiro atoms. The summed E-state index contributed by atoms with van der Waals surface area (Å²) in [5.74, 6) is 3.34. The number of ether oxygens (including phenoxy) is 2. The molecular weight excluding hydrogens is 250 g/mol. The molecule has 1 fully saturated rings. The zero-order chi connectivity index (χ0) is 13.9. The van der Waals surface area contributed by atoms with Crippen molar-refractivity contribution in [3.8, 4) is 11.5 Å². The number of fused-ring (bicyclic) bond motifs is 1. The van der Waals surface area contributed by atoms with E-state index in [4.69, 9.17) is 9.47 Å². The van der Waals surface area contributed by atoms with Crippen LogP contribution in [0.5, 0.6) is 11.5 Å². The number of nitrogens with one attached hydrogen (secondary N) is 1. The Kier molecular flexibility index (Phi) is 4.16. The molecule has 3 nitrogen and oxygen atoms in total. The summed E-state index contributed by atoms with van der Waals surface area (Å²) in [6.45, 7) is 5.98. The maximum Gasteiger partial charge on any atom is 0.231 e. The number of hydrogen-bond donors (Lipinski definition) is 1. The summed E-state index contributed by atoms with van der Waals surface area (Å²) < 4.78 is 10.8. The second-order valence-corrected chi connectivity index (χ2v) is 6.37. The van der Waals surface area contributed by atoms with Gasteiger partial charge >= 0.3 is 0 Å². The van der Waals surface area contributed by atoms with Gasteiger partial charge in [-0.1, -0.05) is 32.8 Å². The molecule has 0 saturated heterocycles. The molecule has 20 heavy (non-hydrogen) atoms. The van der Waals surface area contributed by atoms with Gasteiger partial charge in [0.25, 0.3) is 0 Å². The lowest BCUT2D eigenvalue weighted by atomic mass is 9.78. The van der Waals surface area contributed by atoms with E-state index >= 15 is 0 Å². The van der Waals surface area contributed by atoms with Gasteiger partial charge in [0.1, 0.15) is 0 Å². The molecule has 3 rings (SSSR count). The maximum absolute atomic E-state index is 5.44. The van der Waals surface area contributed by atoms with E-state index in [1.807, 2.05) is 6.07 Å². The van der Waals surface area contributed by atoms with E-state index in [0.717, 1.165) is 29.9 Å². The zero-order valence-electron chi connectivity index (χ0n) is 12.5. The second-order valence-electron chi connectivity index (χ2n) is 6.37. The average Bonchev–Trinajstić information content (AvgIpc) is 2.92. The van der Waals surface area contributed by atoms with Crippen LogP contribution in [0.4, 0.5) is 0 Å². The van der Waals surface area contributed by atoms with Crippen LogP contribution >= 0.6 is 0 Å². The predicted molar refractivity (Wildman–Crippen MR) is 80.0 cm³/mol. The maximum atomic E-state index is 5.44. The van der Waals surface area contributed by atoms with E-state index in [9.17, 15) is 0 Å². The molecule has 1 N–H and O–H groups in total. The summed E-state index contributed by atoms with van der Waals surface area (Å²) in [7, 11) is 0. The number of hydrogen-bond acceptors (Lipinski definition) is 3. The van der Waals surface area contributed by atoms with Crippen LogP contribution in [0.3, 0.4) is 0 Å². The molecule has 0 radical (unpaired) electrons. The molecule has 2 unspecified atom stereocenters. The summed E-state index contributed by atoms with van der Waals surface area (Å²) in [4.78, 5) is 0. The summed E-state index contributed by atoms with van der Waals surface area (Å²) >= 11 is 0. The second kappa shape index (κ2) is 6.04. The monoisotopic (exact) mass is 275 g/mol. The Bertz CT molecular complexity index is 458. The van der Waals surface area contributed by atoms with Crippen molar-refractivity contribution in [2.24, 2.45) is 11.8 Å². The predicted octanol–water partition coefficient (Wildman–Crippen LogP) is 3.72. The standard InChI is InChI=1S/C17H25NO2/c1-12(2)14-5-3-4-6-15(14)18-10-13-7-8-16-17(9-13)20-11-19-16/h7-9,12,14-15,18H,3-6,10-11H2,1-2H3. The van der Waals surface area contributed by atoms with Crippen LogP contribution in [0.2, 0.25) is 0 Å². The lowest BCUT2D eigenvalue weighted by Gasteiger charge is -2.35. The van der Waals surface area contributed by atoms with Crippen LogP contribution in [0.25, 0.3) is 0 Å². The first-order valence-electron chi connectivity index (χ1n) is 7.86. The summed E-state index contributed by atoms with van der Waals surface area (Å²) in [5.41, 5.74) is 1.28. The molecule has 0 amide bonds. The van der Waals surface area contributed by atoms with E-state index in [2.05, 4.69) is 31.3 Å². The molecular formula is C17H25NO2. The van der Waals surface area contributed by atoms with Crippen molar-refractivity contribution in [1.29, 1.82) is 0 Å². The van der Waals surface area contributed by atoms with Gasteiger partial charge in [-0.05, 0) is 42.4 Å². The van der Waals surface area contributed by atoms with E-state index in [1.54, 1.807) is 0 Å². The minimum atomic E-state index is 0.351. The van der Waals surface area contributed by atoms with Crippen LogP contribution in [-0.2, 0) is 6.54 Å². The van der Waals surface area contributed by atoms with Gasteiger partial charge in [0, 0.05) is 12.6 Å². The molecule has 0 bridgehead atoms. The van der Waals surface area contributed by atoms with Gasteiger partial charge in [-0.3, -0.25) is 0 Å². The van der Waals surface area contributed by atoms with Gasteiger partial charge in [-0.15, -0.1) is 0 Å². The Morgan fingerprint density at radius 3 is 2.80 bits per heavy atom. The van der Waals surface area contributed by atoms with Crippen LogP contribution in [0.1, 0.15) is 45.1 Å². The third-order valence-electron chi connectivity index (χ3n) is 4.68. The first-order chi connectivity index (χ1) is 9.74. The SMILES string of the molecule is CC(C)C1CCCCC1NCc1ccc2c(c1)OCO2. The van der Waals surface area contributed by atoms with Crippen LogP contribution in [-0.4, -0.2) is 12.8 Å². The molecule has 1 aliphatic carbocycles. The molecule has 3 heteroatoms. The fourth-order valence-corrected chi connectivity index (χ4v) is 3.51. The lowest BCUT2D eigenvalue weighted by molar-refractivity contribution is 0.174. The van der Waals surface area contributed by atoms with E-state index < -0.39 is 0 Å².